The Hall–Kier alpha value is -1.33. The van der Waals surface area contributed by atoms with Gasteiger partial charge in [0.2, 0.25) is 0 Å². The van der Waals surface area contributed by atoms with Gasteiger partial charge < -0.3 is 5.11 Å². The Morgan fingerprint density at radius 1 is 1.06 bits per heavy atom. The highest BCUT2D eigenvalue weighted by molar-refractivity contribution is 7.10. The maximum Gasteiger partial charge on any atom is 0.416 e. The molecule has 0 amide bonds. The Balaban J connectivity index is 2.11. The van der Waals surface area contributed by atoms with Crippen molar-refractivity contribution in [2.45, 2.75) is 19.2 Å². The van der Waals surface area contributed by atoms with Crippen molar-refractivity contribution >= 4 is 11.3 Å². The largest absolute Gasteiger partial charge is 0.416 e. The molecule has 1 aromatic carbocycles. The van der Waals surface area contributed by atoms with Crippen LogP contribution in [-0.2, 0) is 19.2 Å². The fourth-order valence-corrected chi connectivity index (χ4v) is 2.40. The van der Waals surface area contributed by atoms with Crippen LogP contribution in [0.2, 0.25) is 0 Å². The smallest absolute Gasteiger partial charge is 0.391 e. The summed E-state index contributed by atoms with van der Waals surface area (Å²) in [5.41, 5.74) is 1.20. The Bertz CT molecular complexity index is 514. The zero-order valence-electron chi connectivity index (χ0n) is 9.37. The standard InChI is InChI=1S/C13H11F3OS/c14-13(15,16)11-3-1-9(2-4-11)5-10-6-12(7-17)18-8-10/h1-4,6,8,17H,5,7H2. The number of rotatable bonds is 3. The zero-order valence-corrected chi connectivity index (χ0v) is 10.2. The molecule has 0 atom stereocenters. The quantitative estimate of drug-likeness (QED) is 0.899. The second-order valence-corrected chi connectivity index (χ2v) is 4.95. The summed E-state index contributed by atoms with van der Waals surface area (Å²) in [5.74, 6) is 0. The predicted octanol–water partition coefficient (Wildman–Crippen LogP) is 3.85. The van der Waals surface area contributed by atoms with Crippen LogP contribution in [0.3, 0.4) is 0 Å². The highest BCUT2D eigenvalue weighted by Crippen LogP contribution is 2.29. The first kappa shape index (κ1) is 13.1. The summed E-state index contributed by atoms with van der Waals surface area (Å²) in [6, 6.07) is 7.02. The number of alkyl halides is 3. The van der Waals surface area contributed by atoms with Gasteiger partial charge >= 0.3 is 6.18 Å². The second kappa shape index (κ2) is 5.12. The number of aliphatic hydroxyl groups excluding tert-OH is 1. The van der Waals surface area contributed by atoms with Crippen LogP contribution >= 0.6 is 11.3 Å². The summed E-state index contributed by atoms with van der Waals surface area (Å²) in [4.78, 5) is 0.858. The van der Waals surface area contributed by atoms with E-state index in [1.165, 1.54) is 23.5 Å². The van der Waals surface area contributed by atoms with Gasteiger partial charge in [0, 0.05) is 4.88 Å². The van der Waals surface area contributed by atoms with E-state index in [1.54, 1.807) is 0 Å². The minimum absolute atomic E-state index is 0.00230. The third-order valence-corrected chi connectivity index (χ3v) is 3.52. The van der Waals surface area contributed by atoms with E-state index >= 15 is 0 Å². The van der Waals surface area contributed by atoms with E-state index in [0.717, 1.165) is 28.1 Å². The first-order valence-corrected chi connectivity index (χ1v) is 6.20. The molecule has 96 valence electrons. The third kappa shape index (κ3) is 3.11. The molecule has 2 aromatic rings. The Morgan fingerprint density at radius 3 is 2.22 bits per heavy atom. The molecule has 18 heavy (non-hydrogen) atoms. The first-order valence-electron chi connectivity index (χ1n) is 5.32. The SMILES string of the molecule is OCc1cc(Cc2ccc(C(F)(F)F)cc2)cs1. The average molecular weight is 272 g/mol. The van der Waals surface area contributed by atoms with Crippen molar-refractivity contribution in [3.63, 3.8) is 0 Å². The van der Waals surface area contributed by atoms with Crippen molar-refractivity contribution in [1.82, 2.24) is 0 Å². The van der Waals surface area contributed by atoms with Crippen LogP contribution in [0.5, 0.6) is 0 Å². The minimum atomic E-state index is -4.29. The second-order valence-electron chi connectivity index (χ2n) is 3.95. The molecule has 0 unspecified atom stereocenters. The van der Waals surface area contributed by atoms with Crippen molar-refractivity contribution in [3.05, 3.63) is 57.3 Å². The Labute approximate surface area is 107 Å². The van der Waals surface area contributed by atoms with Gasteiger partial charge in [-0.3, -0.25) is 0 Å². The van der Waals surface area contributed by atoms with E-state index < -0.39 is 11.7 Å². The number of thiophene rings is 1. The molecular formula is C13H11F3OS. The monoisotopic (exact) mass is 272 g/mol. The van der Waals surface area contributed by atoms with Crippen molar-refractivity contribution in [3.8, 4) is 0 Å². The zero-order chi connectivity index (χ0) is 13.2. The van der Waals surface area contributed by atoms with Gasteiger partial charge in [-0.05, 0) is 41.1 Å². The van der Waals surface area contributed by atoms with E-state index in [4.69, 9.17) is 5.11 Å². The van der Waals surface area contributed by atoms with Crippen LogP contribution in [0.25, 0.3) is 0 Å². The number of hydrogen-bond acceptors (Lipinski definition) is 2. The maximum absolute atomic E-state index is 12.4. The summed E-state index contributed by atoms with van der Waals surface area (Å²) in [6.45, 7) is -0.00230. The molecule has 0 aliphatic rings. The molecule has 5 heteroatoms. The van der Waals surface area contributed by atoms with E-state index in [-0.39, 0.29) is 6.61 Å². The van der Waals surface area contributed by atoms with Gasteiger partial charge in [0.15, 0.2) is 0 Å². The van der Waals surface area contributed by atoms with Crippen molar-refractivity contribution < 1.29 is 18.3 Å². The summed E-state index contributed by atoms with van der Waals surface area (Å²) in [7, 11) is 0. The van der Waals surface area contributed by atoms with E-state index in [0.29, 0.717) is 6.42 Å². The fraction of sp³-hybridized carbons (Fsp3) is 0.231. The van der Waals surface area contributed by atoms with Crippen LogP contribution < -0.4 is 0 Å². The predicted molar refractivity (Wildman–Crippen MR) is 64.5 cm³/mol. The van der Waals surface area contributed by atoms with E-state index in [1.807, 2.05) is 11.4 Å². The van der Waals surface area contributed by atoms with Crippen LogP contribution in [0.1, 0.15) is 21.6 Å². The van der Waals surface area contributed by atoms with Gasteiger partial charge in [-0.2, -0.15) is 13.2 Å². The Kier molecular flexibility index (Phi) is 3.73. The average Bonchev–Trinajstić information content (AvgIpc) is 2.76. The van der Waals surface area contributed by atoms with Gasteiger partial charge in [-0.15, -0.1) is 11.3 Å². The lowest BCUT2D eigenvalue weighted by atomic mass is 10.1. The molecule has 1 heterocycles. The fourth-order valence-electron chi connectivity index (χ4n) is 1.65. The Morgan fingerprint density at radius 2 is 1.72 bits per heavy atom. The number of hydrogen-bond donors (Lipinski definition) is 1. The normalized spacial score (nSPS) is 11.8. The molecule has 0 bridgehead atoms. The molecule has 1 nitrogen and oxygen atoms in total. The van der Waals surface area contributed by atoms with Gasteiger partial charge in [0.05, 0.1) is 12.2 Å². The van der Waals surface area contributed by atoms with Crippen LogP contribution in [-0.4, -0.2) is 5.11 Å². The van der Waals surface area contributed by atoms with E-state index in [9.17, 15) is 13.2 Å². The number of aliphatic hydroxyl groups is 1. The molecule has 1 N–H and O–H groups in total. The summed E-state index contributed by atoms with van der Waals surface area (Å²) >= 11 is 1.45. The maximum atomic E-state index is 12.4. The highest BCUT2D eigenvalue weighted by Gasteiger charge is 2.29. The first-order chi connectivity index (χ1) is 8.49. The molecule has 1 aromatic heterocycles. The third-order valence-electron chi connectivity index (χ3n) is 2.55. The lowest BCUT2D eigenvalue weighted by molar-refractivity contribution is -0.137. The molecule has 0 saturated heterocycles. The van der Waals surface area contributed by atoms with Gasteiger partial charge in [0.25, 0.3) is 0 Å². The van der Waals surface area contributed by atoms with Crippen LogP contribution in [0.15, 0.2) is 35.7 Å². The minimum Gasteiger partial charge on any atom is -0.391 e. The lowest BCUT2D eigenvalue weighted by Crippen LogP contribution is -2.04. The van der Waals surface area contributed by atoms with Gasteiger partial charge in [-0.25, -0.2) is 0 Å². The summed E-state index contributed by atoms with van der Waals surface area (Å²) < 4.78 is 37.1. The van der Waals surface area contributed by atoms with Crippen LogP contribution in [0, 0.1) is 0 Å². The van der Waals surface area contributed by atoms with Crippen molar-refractivity contribution in [2.75, 3.05) is 0 Å². The number of halogens is 3. The van der Waals surface area contributed by atoms with Crippen molar-refractivity contribution in [2.24, 2.45) is 0 Å². The van der Waals surface area contributed by atoms with Crippen LogP contribution in [0.4, 0.5) is 13.2 Å². The summed E-state index contributed by atoms with van der Waals surface area (Å²) in [5, 5.41) is 10.8. The molecule has 0 fully saturated rings. The molecule has 0 aliphatic heterocycles. The molecule has 0 saturated carbocycles. The highest BCUT2D eigenvalue weighted by atomic mass is 32.1. The van der Waals surface area contributed by atoms with E-state index in [2.05, 4.69) is 0 Å². The van der Waals surface area contributed by atoms with Gasteiger partial charge in [0.1, 0.15) is 0 Å². The van der Waals surface area contributed by atoms with Gasteiger partial charge in [-0.1, -0.05) is 12.1 Å². The lowest BCUT2D eigenvalue weighted by Gasteiger charge is -2.07. The van der Waals surface area contributed by atoms with Crippen molar-refractivity contribution in [1.29, 1.82) is 0 Å². The summed E-state index contributed by atoms with van der Waals surface area (Å²) in [6.07, 6.45) is -3.71. The topological polar surface area (TPSA) is 20.2 Å². The molecular weight excluding hydrogens is 261 g/mol. The molecule has 0 spiro atoms. The molecule has 0 aliphatic carbocycles. The number of benzene rings is 1. The molecule has 0 radical (unpaired) electrons. The molecule has 2 rings (SSSR count).